The molecule has 0 amide bonds. The molecule has 3 rings (SSSR count). The molecule has 0 unspecified atom stereocenters. The van der Waals surface area contributed by atoms with Gasteiger partial charge >= 0.3 is 6.18 Å². The summed E-state index contributed by atoms with van der Waals surface area (Å²) in [5.74, 6) is -1.87. The van der Waals surface area contributed by atoms with Crippen molar-refractivity contribution in [3.63, 3.8) is 0 Å². The number of hydrogen-bond donors (Lipinski definition) is 0. The van der Waals surface area contributed by atoms with E-state index in [4.69, 9.17) is 17.0 Å². The molecule has 32 heavy (non-hydrogen) atoms. The highest BCUT2D eigenvalue weighted by Gasteiger charge is 2.45. The largest absolute Gasteiger partial charge is 0.487 e. The fourth-order valence-electron chi connectivity index (χ4n) is 3.73. The van der Waals surface area contributed by atoms with Gasteiger partial charge in [0.1, 0.15) is 0 Å². The van der Waals surface area contributed by atoms with E-state index in [-0.39, 0.29) is 23.4 Å². The first kappa shape index (κ1) is 24.0. The zero-order chi connectivity index (χ0) is 23.2. The molecular formula is C25H22F3O2PS. The Balaban J connectivity index is 2.58. The smallest absolute Gasteiger partial charge is 0.454 e. The van der Waals surface area contributed by atoms with Crippen molar-refractivity contribution < 1.29 is 22.7 Å². The molecule has 166 valence electrons. The second-order valence-corrected chi connectivity index (χ2v) is 10.8. The lowest BCUT2D eigenvalue weighted by Crippen LogP contribution is -2.40. The number of ketones is 1. The molecule has 2 nitrogen and oxygen atoms in total. The maximum absolute atomic E-state index is 14.0. The minimum Gasteiger partial charge on any atom is -0.487 e. The van der Waals surface area contributed by atoms with Crippen LogP contribution in [0.5, 0.6) is 0 Å². The van der Waals surface area contributed by atoms with Crippen LogP contribution in [0.4, 0.5) is 13.2 Å². The molecule has 0 saturated carbocycles. The molecule has 0 aliphatic carbocycles. The van der Waals surface area contributed by atoms with Gasteiger partial charge in [0.15, 0.2) is 5.05 Å². The summed E-state index contributed by atoms with van der Waals surface area (Å²) in [6.45, 7) is -1.31. The molecule has 7 heteroatoms. The molecule has 0 radical (unpaired) electrons. The lowest BCUT2D eigenvalue weighted by molar-refractivity contribution is -0.162. The number of carbonyl (C=O) groups is 1. The predicted molar refractivity (Wildman–Crippen MR) is 130 cm³/mol. The summed E-state index contributed by atoms with van der Waals surface area (Å²) in [5.41, 5.74) is 0. The first-order valence-corrected chi connectivity index (χ1v) is 12.2. The summed E-state index contributed by atoms with van der Waals surface area (Å²) in [6.07, 6.45) is -5.44. The van der Waals surface area contributed by atoms with Gasteiger partial charge in [-0.1, -0.05) is 91.0 Å². The summed E-state index contributed by atoms with van der Waals surface area (Å²) >= 11 is 5.25. The van der Waals surface area contributed by atoms with Crippen LogP contribution in [-0.4, -0.2) is 28.9 Å². The molecule has 3 aromatic carbocycles. The molecule has 0 atom stereocenters. The van der Waals surface area contributed by atoms with Gasteiger partial charge < -0.3 is 4.74 Å². The van der Waals surface area contributed by atoms with Gasteiger partial charge in [-0.25, -0.2) is 0 Å². The van der Waals surface area contributed by atoms with Crippen molar-refractivity contribution in [3.8, 4) is 0 Å². The van der Waals surface area contributed by atoms with Crippen molar-refractivity contribution >= 4 is 51.1 Å². The summed E-state index contributed by atoms with van der Waals surface area (Å²) in [5, 5.41) is 1.61. The molecule has 0 fully saturated rings. The number of halogens is 3. The molecule has 3 aromatic rings. The van der Waals surface area contributed by atoms with Gasteiger partial charge in [-0.2, -0.15) is 13.2 Å². The van der Waals surface area contributed by atoms with Crippen LogP contribution in [0.15, 0.2) is 91.0 Å². The van der Waals surface area contributed by atoms with Crippen LogP contribution in [0.25, 0.3) is 0 Å². The topological polar surface area (TPSA) is 26.3 Å². The lowest BCUT2D eigenvalue weighted by Gasteiger charge is -2.32. The highest BCUT2D eigenvalue weighted by Crippen LogP contribution is 2.48. The summed E-state index contributed by atoms with van der Waals surface area (Å²) < 4.78 is 47.3. The number of Topliss-reactive ketones (excluding diaryl/α,β-unsaturated/α-hetero) is 1. The molecule has 0 aliphatic rings. The average Bonchev–Trinajstić information content (AvgIpc) is 2.80. The van der Waals surface area contributed by atoms with E-state index in [0.29, 0.717) is 15.9 Å². The van der Waals surface area contributed by atoms with Gasteiger partial charge in [-0.3, -0.25) is 4.79 Å². The van der Waals surface area contributed by atoms with Crippen LogP contribution in [0, 0.1) is 0 Å². The second-order valence-electron chi connectivity index (χ2n) is 6.93. The van der Waals surface area contributed by atoms with Crippen molar-refractivity contribution in [1.29, 1.82) is 0 Å². The Kier molecular flexibility index (Phi) is 7.70. The van der Waals surface area contributed by atoms with E-state index >= 15 is 0 Å². The van der Waals surface area contributed by atoms with Crippen LogP contribution in [0.1, 0.15) is 13.3 Å². The quantitative estimate of drug-likeness (QED) is 0.355. The maximum Gasteiger partial charge on any atom is 0.454 e. The highest BCUT2D eigenvalue weighted by molar-refractivity contribution is 7.96. The van der Waals surface area contributed by atoms with Gasteiger partial charge in [-0.15, -0.1) is 0 Å². The van der Waals surface area contributed by atoms with Crippen molar-refractivity contribution in [2.24, 2.45) is 0 Å². The Morgan fingerprint density at radius 3 is 1.50 bits per heavy atom. The highest BCUT2D eigenvalue weighted by atomic mass is 32.1. The molecule has 0 aromatic heterocycles. The monoisotopic (exact) mass is 474 g/mol. The molecular weight excluding hydrogens is 452 g/mol. The Hall–Kier alpha value is -2.69. The molecule has 0 spiro atoms. The summed E-state index contributed by atoms with van der Waals surface area (Å²) in [6, 6.07) is 26.7. The average molecular weight is 474 g/mol. The Labute approximate surface area is 191 Å². The van der Waals surface area contributed by atoms with Crippen molar-refractivity contribution in [1.82, 2.24) is 0 Å². The predicted octanol–water partition coefficient (Wildman–Crippen LogP) is 5.04. The second kappa shape index (κ2) is 10.3. The number of rotatable bonds is 7. The van der Waals surface area contributed by atoms with Gasteiger partial charge in [0.05, 0.1) is 6.61 Å². The third-order valence-electron chi connectivity index (χ3n) is 4.97. The van der Waals surface area contributed by atoms with Gasteiger partial charge in [-0.05, 0) is 41.9 Å². The number of carbonyl (C=O) groups excluding carboxylic acids is 1. The lowest BCUT2D eigenvalue weighted by atomic mass is 10.2. The molecule has 0 saturated heterocycles. The SMILES string of the molecule is CCOC(=S)CC(C(=O)C(F)(F)F)=P(c1ccccc1)(c1ccccc1)c1ccccc1. The fourth-order valence-corrected chi connectivity index (χ4v) is 8.60. The van der Waals surface area contributed by atoms with E-state index in [0.717, 1.165) is 0 Å². The number of benzene rings is 3. The Morgan fingerprint density at radius 1 is 0.812 bits per heavy atom. The van der Waals surface area contributed by atoms with Gasteiger partial charge in [0.2, 0.25) is 0 Å². The molecule has 0 aliphatic heterocycles. The van der Waals surface area contributed by atoms with E-state index in [1.165, 1.54) is 0 Å². The molecule has 0 N–H and O–H groups in total. The number of ether oxygens (including phenoxy) is 1. The van der Waals surface area contributed by atoms with E-state index < -0.39 is 18.8 Å². The third-order valence-corrected chi connectivity index (χ3v) is 9.62. The zero-order valence-electron chi connectivity index (χ0n) is 17.4. The molecule has 0 heterocycles. The van der Waals surface area contributed by atoms with Crippen molar-refractivity contribution in [2.45, 2.75) is 19.5 Å². The van der Waals surface area contributed by atoms with Crippen LogP contribution >= 0.6 is 19.1 Å². The Bertz CT molecular complexity index is 1020. The maximum atomic E-state index is 14.0. The number of thiocarbonyl (C=S) groups is 1. The molecule has 0 bridgehead atoms. The number of hydrogen-bond acceptors (Lipinski definition) is 3. The third kappa shape index (κ3) is 4.87. The Morgan fingerprint density at radius 2 is 1.19 bits per heavy atom. The van der Waals surface area contributed by atoms with E-state index in [1.54, 1.807) is 97.9 Å². The minimum atomic E-state index is -5.05. The van der Waals surface area contributed by atoms with Gasteiger partial charge in [0, 0.05) is 11.7 Å². The van der Waals surface area contributed by atoms with Crippen LogP contribution in [-0.2, 0) is 9.53 Å². The summed E-state index contributed by atoms with van der Waals surface area (Å²) in [4.78, 5) is 13.0. The van der Waals surface area contributed by atoms with Crippen molar-refractivity contribution in [2.75, 3.05) is 6.61 Å². The van der Waals surface area contributed by atoms with E-state index in [9.17, 15) is 18.0 Å². The minimum absolute atomic E-state index is 0.0349. The van der Waals surface area contributed by atoms with E-state index in [2.05, 4.69) is 0 Å². The van der Waals surface area contributed by atoms with Crippen LogP contribution in [0.2, 0.25) is 0 Å². The fraction of sp³-hybridized carbons (Fsp3) is 0.160. The normalized spacial score (nSPS) is 11.6. The standard InChI is InChI=1S/C25H22F3O2PS/c1-2-30-23(32)18-22(24(29)25(26,27)28)31(19-12-6-3-7-13-19,20-14-8-4-9-15-20)21-16-10-5-11-17-21/h3-17H,2,18H2,1H3. The zero-order valence-corrected chi connectivity index (χ0v) is 19.1. The first-order valence-electron chi connectivity index (χ1n) is 10.0. The van der Waals surface area contributed by atoms with E-state index in [1.807, 2.05) is 0 Å². The number of alkyl halides is 3. The summed E-state index contributed by atoms with van der Waals surface area (Å²) in [7, 11) is 0. The van der Waals surface area contributed by atoms with Crippen molar-refractivity contribution in [3.05, 3.63) is 91.0 Å². The van der Waals surface area contributed by atoms with Crippen LogP contribution < -0.4 is 15.9 Å². The van der Waals surface area contributed by atoms with Crippen LogP contribution in [0.3, 0.4) is 0 Å². The van der Waals surface area contributed by atoms with Gasteiger partial charge in [0.25, 0.3) is 5.78 Å². The first-order chi connectivity index (χ1) is 15.3.